The van der Waals surface area contributed by atoms with Gasteiger partial charge in [0.2, 0.25) is 0 Å². The molecule has 0 aromatic heterocycles. The molecular formula is C29H33O10PS. The molecule has 0 saturated carbocycles. The van der Waals surface area contributed by atoms with Crippen molar-refractivity contribution in [1.82, 2.24) is 0 Å². The molecule has 0 aliphatic carbocycles. The highest BCUT2D eigenvalue weighted by molar-refractivity contribution is 7.86. The molecule has 0 N–H and O–H groups in total. The Morgan fingerprint density at radius 1 is 0.756 bits per heavy atom. The molecule has 0 heterocycles. The minimum absolute atomic E-state index is 0.0838. The van der Waals surface area contributed by atoms with Gasteiger partial charge in [-0.25, -0.2) is 4.79 Å². The number of aryl methyl sites for hydroxylation is 1. The summed E-state index contributed by atoms with van der Waals surface area (Å²) < 4.78 is 66.3. The van der Waals surface area contributed by atoms with Crippen LogP contribution in [0.25, 0.3) is 0 Å². The van der Waals surface area contributed by atoms with Crippen LogP contribution in [0, 0.1) is 12.8 Å². The minimum Gasteiger partial charge on any atom is -0.469 e. The van der Waals surface area contributed by atoms with Gasteiger partial charge in [-0.2, -0.15) is 8.42 Å². The first-order valence-electron chi connectivity index (χ1n) is 12.7. The summed E-state index contributed by atoms with van der Waals surface area (Å²) in [5.74, 6) is -3.21. The van der Waals surface area contributed by atoms with Gasteiger partial charge in [-0.15, -0.1) is 0 Å². The number of esters is 2. The molecule has 0 amide bonds. The summed E-state index contributed by atoms with van der Waals surface area (Å²) in [7, 11) is -6.30. The number of hydrogen-bond acceptors (Lipinski definition) is 10. The molecule has 0 saturated heterocycles. The van der Waals surface area contributed by atoms with Crippen LogP contribution in [0.15, 0.2) is 89.8 Å². The molecule has 41 heavy (non-hydrogen) atoms. The third-order valence-corrected chi connectivity index (χ3v) is 9.30. The van der Waals surface area contributed by atoms with Crippen LogP contribution >= 0.6 is 7.60 Å². The maximum atomic E-state index is 14.0. The third kappa shape index (κ3) is 9.91. The van der Waals surface area contributed by atoms with Gasteiger partial charge in [-0.1, -0.05) is 78.4 Å². The zero-order chi connectivity index (χ0) is 29.9. The summed E-state index contributed by atoms with van der Waals surface area (Å²) >= 11 is 0. The van der Waals surface area contributed by atoms with Gasteiger partial charge in [0, 0.05) is 0 Å². The lowest BCUT2D eigenvalue weighted by molar-refractivity contribution is -0.152. The van der Waals surface area contributed by atoms with E-state index in [0.29, 0.717) is 11.1 Å². The number of hydrogen-bond donors (Lipinski definition) is 0. The summed E-state index contributed by atoms with van der Waals surface area (Å²) in [5.41, 5.74) is 2.25. The van der Waals surface area contributed by atoms with Crippen LogP contribution < -0.4 is 0 Å². The summed E-state index contributed by atoms with van der Waals surface area (Å²) in [6.07, 6.45) is -2.79. The fourth-order valence-electron chi connectivity index (χ4n) is 3.80. The molecule has 12 heteroatoms. The second-order valence-electron chi connectivity index (χ2n) is 9.14. The molecule has 3 rings (SSSR count). The van der Waals surface area contributed by atoms with Crippen molar-refractivity contribution >= 4 is 29.7 Å². The molecule has 0 bridgehead atoms. The van der Waals surface area contributed by atoms with Gasteiger partial charge in [-0.05, 0) is 36.6 Å². The predicted octanol–water partition coefficient (Wildman–Crippen LogP) is 5.05. The highest BCUT2D eigenvalue weighted by atomic mass is 32.2. The molecule has 0 radical (unpaired) electrons. The monoisotopic (exact) mass is 604 g/mol. The minimum atomic E-state index is -4.43. The van der Waals surface area contributed by atoms with E-state index in [1.807, 2.05) is 12.1 Å². The molecule has 0 aliphatic heterocycles. The predicted molar refractivity (Wildman–Crippen MR) is 150 cm³/mol. The summed E-state index contributed by atoms with van der Waals surface area (Å²) in [6.45, 7) is 1.62. The van der Waals surface area contributed by atoms with Gasteiger partial charge in [0.05, 0.1) is 44.4 Å². The molecule has 3 aromatic carbocycles. The lowest BCUT2D eigenvalue weighted by atomic mass is 10.0. The van der Waals surface area contributed by atoms with Crippen molar-refractivity contribution in [2.45, 2.75) is 37.6 Å². The van der Waals surface area contributed by atoms with E-state index in [1.54, 1.807) is 67.6 Å². The van der Waals surface area contributed by atoms with Crippen molar-refractivity contribution in [3.05, 3.63) is 102 Å². The van der Waals surface area contributed by atoms with Crippen LogP contribution in [0.3, 0.4) is 0 Å². The van der Waals surface area contributed by atoms with Gasteiger partial charge in [-0.3, -0.25) is 13.5 Å². The largest absolute Gasteiger partial charge is 0.469 e. The van der Waals surface area contributed by atoms with E-state index in [1.165, 1.54) is 12.1 Å². The molecule has 2 atom stereocenters. The number of methoxy groups -OCH3 is 2. The Hall–Kier alpha value is -3.34. The normalized spacial score (nSPS) is 13.2. The SMILES string of the molecule is COC(=O)[C@H](C[C@@H](OS(=O)(=O)c1ccc(C)cc1)C(=O)OC)CP(=O)(OCc1ccccc1)OCc1ccccc1. The van der Waals surface area contributed by atoms with Crippen molar-refractivity contribution in [3.8, 4) is 0 Å². The number of carbonyl (C=O) groups is 2. The van der Waals surface area contributed by atoms with E-state index in [2.05, 4.69) is 0 Å². The van der Waals surface area contributed by atoms with E-state index in [0.717, 1.165) is 19.8 Å². The first-order valence-corrected chi connectivity index (χ1v) is 15.8. The van der Waals surface area contributed by atoms with E-state index < -0.39 is 54.3 Å². The molecule has 0 unspecified atom stereocenters. The van der Waals surface area contributed by atoms with Gasteiger partial charge in [0.25, 0.3) is 10.1 Å². The van der Waals surface area contributed by atoms with Crippen LogP contribution in [0.4, 0.5) is 0 Å². The number of ether oxygens (including phenoxy) is 2. The van der Waals surface area contributed by atoms with Gasteiger partial charge in [0.15, 0.2) is 6.10 Å². The lowest BCUT2D eigenvalue weighted by Crippen LogP contribution is -2.34. The summed E-state index contributed by atoms with van der Waals surface area (Å²) in [5, 5.41) is 0. The molecule has 0 aliphatic rings. The molecule has 220 valence electrons. The number of carbonyl (C=O) groups excluding carboxylic acids is 2. The standard InChI is InChI=1S/C29H33O10PS/c1-22-14-16-26(17-15-22)41(33,34)39-27(29(31)36-3)18-25(28(30)35-2)21-40(32,37-19-23-10-6-4-7-11-23)38-20-24-12-8-5-9-13-24/h4-17,25,27H,18-21H2,1-3H3/t25-,27-/m1/s1. The first-order chi connectivity index (χ1) is 19.5. The molecule has 0 fully saturated rings. The van der Waals surface area contributed by atoms with E-state index in [-0.39, 0.29) is 18.1 Å². The highest BCUT2D eigenvalue weighted by Gasteiger charge is 2.39. The molecule has 0 spiro atoms. The smallest absolute Gasteiger partial charge is 0.336 e. The second kappa shape index (κ2) is 15.0. The number of rotatable bonds is 15. The second-order valence-corrected chi connectivity index (χ2v) is 12.8. The van der Waals surface area contributed by atoms with Crippen molar-refractivity contribution in [1.29, 1.82) is 0 Å². The Kier molecular flexibility index (Phi) is 11.8. The number of benzene rings is 3. The lowest BCUT2D eigenvalue weighted by Gasteiger charge is -2.25. The zero-order valence-corrected chi connectivity index (χ0v) is 24.7. The van der Waals surface area contributed by atoms with E-state index >= 15 is 0 Å². The van der Waals surface area contributed by atoms with Crippen LogP contribution in [0.2, 0.25) is 0 Å². The van der Waals surface area contributed by atoms with E-state index in [9.17, 15) is 22.6 Å². The average Bonchev–Trinajstić information content (AvgIpc) is 2.98. The average molecular weight is 605 g/mol. The van der Waals surface area contributed by atoms with Crippen molar-refractivity contribution in [3.63, 3.8) is 0 Å². The van der Waals surface area contributed by atoms with Gasteiger partial charge < -0.3 is 18.5 Å². The van der Waals surface area contributed by atoms with Crippen molar-refractivity contribution < 1.29 is 45.3 Å². The van der Waals surface area contributed by atoms with Crippen molar-refractivity contribution in [2.75, 3.05) is 20.4 Å². The van der Waals surface area contributed by atoms with Crippen LogP contribution in [-0.2, 0) is 60.2 Å². The molecule has 10 nitrogen and oxygen atoms in total. The quantitative estimate of drug-likeness (QED) is 0.132. The highest BCUT2D eigenvalue weighted by Crippen LogP contribution is 2.52. The van der Waals surface area contributed by atoms with Crippen LogP contribution in [-0.4, -0.2) is 46.8 Å². The summed E-state index contributed by atoms with van der Waals surface area (Å²) in [4.78, 5) is 25.3. The molecule has 3 aromatic rings. The Bertz CT molecular complexity index is 1380. The summed E-state index contributed by atoms with van der Waals surface area (Å²) in [6, 6.07) is 23.7. The Morgan fingerprint density at radius 3 is 1.71 bits per heavy atom. The first kappa shape index (κ1) is 32.2. The fourth-order valence-corrected chi connectivity index (χ4v) is 6.66. The zero-order valence-electron chi connectivity index (χ0n) is 23.0. The maximum absolute atomic E-state index is 14.0. The van der Waals surface area contributed by atoms with Gasteiger partial charge >= 0.3 is 19.5 Å². The van der Waals surface area contributed by atoms with E-state index in [4.69, 9.17) is 22.7 Å². The van der Waals surface area contributed by atoms with Crippen LogP contribution in [0.1, 0.15) is 23.1 Å². The van der Waals surface area contributed by atoms with Gasteiger partial charge in [0.1, 0.15) is 0 Å². The fraction of sp³-hybridized carbons (Fsp3) is 0.310. The Labute approximate surface area is 240 Å². The molecular weight excluding hydrogens is 571 g/mol. The topological polar surface area (TPSA) is 132 Å². The third-order valence-electron chi connectivity index (χ3n) is 6.04. The Balaban J connectivity index is 1.87. The maximum Gasteiger partial charge on any atom is 0.336 e. The van der Waals surface area contributed by atoms with Crippen LogP contribution in [0.5, 0.6) is 0 Å². The Morgan fingerprint density at radius 2 is 1.24 bits per heavy atom. The van der Waals surface area contributed by atoms with Crippen molar-refractivity contribution in [2.24, 2.45) is 5.92 Å².